The number of benzene rings is 2. The van der Waals surface area contributed by atoms with Gasteiger partial charge in [-0.3, -0.25) is 4.79 Å². The van der Waals surface area contributed by atoms with Crippen molar-refractivity contribution in [2.24, 2.45) is 5.92 Å². The summed E-state index contributed by atoms with van der Waals surface area (Å²) in [4.78, 5) is 25.5. The Balaban J connectivity index is 1.61. The molecule has 0 N–H and O–H groups in total. The highest BCUT2D eigenvalue weighted by atomic mass is 35.5. The minimum atomic E-state index is -0.300. The maximum Gasteiger partial charge on any atom is 0.354 e. The number of fused-ring (bicyclic) bond motifs is 1. The largest absolute Gasteiger partial charge is 0.354 e. The molecule has 2 heterocycles. The maximum absolute atomic E-state index is 13.1. The Morgan fingerprint density at radius 1 is 1.07 bits per heavy atom. The van der Waals surface area contributed by atoms with Gasteiger partial charge < -0.3 is 5.01 Å². The molecule has 0 atom stereocenters. The van der Waals surface area contributed by atoms with Crippen molar-refractivity contribution in [1.82, 2.24) is 9.24 Å². The fourth-order valence-corrected chi connectivity index (χ4v) is 4.27. The Kier molecular flexibility index (Phi) is 5.27. The van der Waals surface area contributed by atoms with Gasteiger partial charge >= 0.3 is 5.69 Å². The van der Waals surface area contributed by atoms with Crippen LogP contribution in [-0.2, 0) is 6.42 Å². The topological polar surface area (TPSA) is 47.2 Å². The van der Waals surface area contributed by atoms with Crippen LogP contribution in [0.4, 0.5) is 0 Å². The van der Waals surface area contributed by atoms with Crippen LogP contribution in [0.25, 0.3) is 11.0 Å². The first-order valence-electron chi connectivity index (χ1n) is 9.84. The zero-order valence-electron chi connectivity index (χ0n) is 16.0. The molecule has 6 heteroatoms. The van der Waals surface area contributed by atoms with Crippen LogP contribution >= 0.6 is 11.6 Å². The van der Waals surface area contributed by atoms with Crippen LogP contribution in [0.15, 0.2) is 53.3 Å². The Morgan fingerprint density at radius 3 is 2.46 bits per heavy atom. The van der Waals surface area contributed by atoms with Crippen LogP contribution in [0.2, 0.25) is 5.02 Å². The van der Waals surface area contributed by atoms with Gasteiger partial charge in [-0.05, 0) is 48.9 Å². The van der Waals surface area contributed by atoms with Crippen LogP contribution < -0.4 is 10.7 Å². The highest BCUT2D eigenvalue weighted by Crippen LogP contribution is 2.24. The Labute approximate surface area is 169 Å². The summed E-state index contributed by atoms with van der Waals surface area (Å²) in [5.41, 5.74) is 2.37. The van der Waals surface area contributed by atoms with E-state index < -0.39 is 0 Å². The number of hydrogen-bond donors (Lipinski definition) is 0. The van der Waals surface area contributed by atoms with Crippen LogP contribution in [-0.4, -0.2) is 28.2 Å². The van der Waals surface area contributed by atoms with Crippen molar-refractivity contribution in [2.75, 3.05) is 18.1 Å². The van der Waals surface area contributed by atoms with E-state index in [4.69, 9.17) is 11.6 Å². The molecule has 1 aliphatic heterocycles. The minimum absolute atomic E-state index is 0.213. The lowest BCUT2D eigenvalue weighted by Crippen LogP contribution is -2.47. The molecule has 28 heavy (non-hydrogen) atoms. The summed E-state index contributed by atoms with van der Waals surface area (Å²) in [6, 6.07) is 15.8. The highest BCUT2D eigenvalue weighted by molar-refractivity contribution is 6.31. The summed E-state index contributed by atoms with van der Waals surface area (Å²) in [7, 11) is 0. The van der Waals surface area contributed by atoms with Crippen LogP contribution in [0.1, 0.15) is 36.5 Å². The zero-order valence-corrected chi connectivity index (χ0v) is 16.7. The molecule has 0 radical (unpaired) electrons. The normalized spacial score (nSPS) is 15.3. The third kappa shape index (κ3) is 3.47. The van der Waals surface area contributed by atoms with E-state index >= 15 is 0 Å². The monoisotopic (exact) mass is 397 g/mol. The van der Waals surface area contributed by atoms with Gasteiger partial charge in [0.05, 0.1) is 11.0 Å². The third-order valence-electron chi connectivity index (χ3n) is 5.57. The second-order valence-electron chi connectivity index (χ2n) is 7.40. The average Bonchev–Trinajstić information content (AvgIpc) is 3.00. The van der Waals surface area contributed by atoms with Gasteiger partial charge in [-0.25, -0.2) is 14.0 Å². The molecule has 5 nitrogen and oxygen atoms in total. The van der Waals surface area contributed by atoms with Crippen LogP contribution in [0.5, 0.6) is 0 Å². The molecule has 1 aromatic heterocycles. The quantitative estimate of drug-likeness (QED) is 0.666. The summed E-state index contributed by atoms with van der Waals surface area (Å²) in [6.07, 6.45) is 3.37. The number of aromatic nitrogens is 2. The smallest absolute Gasteiger partial charge is 0.308 e. The van der Waals surface area contributed by atoms with Gasteiger partial charge in [0.1, 0.15) is 0 Å². The van der Waals surface area contributed by atoms with Crippen LogP contribution in [0.3, 0.4) is 0 Å². The van der Waals surface area contributed by atoms with E-state index in [0.29, 0.717) is 16.5 Å². The van der Waals surface area contributed by atoms with Crippen LogP contribution in [0, 0.1) is 5.92 Å². The van der Waals surface area contributed by atoms with E-state index in [2.05, 4.69) is 29.3 Å². The zero-order chi connectivity index (χ0) is 19.7. The van der Waals surface area contributed by atoms with E-state index in [0.717, 1.165) is 37.9 Å². The van der Waals surface area contributed by atoms with E-state index in [-0.39, 0.29) is 18.0 Å². The summed E-state index contributed by atoms with van der Waals surface area (Å²) in [5, 5.41) is 2.59. The maximum atomic E-state index is 13.1. The molecule has 2 aromatic carbocycles. The Morgan fingerprint density at radius 2 is 1.79 bits per heavy atom. The lowest BCUT2D eigenvalue weighted by Gasteiger charge is -2.33. The van der Waals surface area contributed by atoms with Gasteiger partial charge in [0.2, 0.25) is 5.91 Å². The molecule has 0 bridgehead atoms. The fraction of sp³-hybridized carbons (Fsp3) is 0.364. The summed E-state index contributed by atoms with van der Waals surface area (Å²) in [5.74, 6) is 0.393. The lowest BCUT2D eigenvalue weighted by atomic mass is 9.91. The van der Waals surface area contributed by atoms with Crippen molar-refractivity contribution in [3.63, 3.8) is 0 Å². The lowest BCUT2D eigenvalue weighted by molar-refractivity contribution is 0.0908. The molecule has 0 aliphatic carbocycles. The molecule has 3 aromatic rings. The number of hydrogen-bond acceptors (Lipinski definition) is 3. The van der Waals surface area contributed by atoms with Gasteiger partial charge in [0.15, 0.2) is 0 Å². The Hall–Kier alpha value is -2.53. The molecular weight excluding hydrogens is 374 g/mol. The van der Waals surface area contributed by atoms with Gasteiger partial charge in [0.25, 0.3) is 0 Å². The molecule has 4 rings (SSSR count). The van der Waals surface area contributed by atoms with Gasteiger partial charge in [-0.2, -0.15) is 0 Å². The third-order valence-corrected chi connectivity index (χ3v) is 5.81. The van der Waals surface area contributed by atoms with E-state index in [9.17, 15) is 9.59 Å². The number of rotatable bonds is 4. The number of carbonyl (C=O) groups excluding carboxylic acids is 1. The second-order valence-corrected chi connectivity index (χ2v) is 7.83. The van der Waals surface area contributed by atoms with Crippen molar-refractivity contribution >= 4 is 28.5 Å². The highest BCUT2D eigenvalue weighted by Gasteiger charge is 2.25. The second kappa shape index (κ2) is 7.84. The molecular formula is C22H24ClN3O2. The summed E-state index contributed by atoms with van der Waals surface area (Å²) in [6.45, 7) is 3.34. The van der Waals surface area contributed by atoms with Crippen molar-refractivity contribution in [3.8, 4) is 0 Å². The Bertz CT molecular complexity index is 1050. The summed E-state index contributed by atoms with van der Waals surface area (Å²) >= 11 is 6.13. The first-order chi connectivity index (χ1) is 13.6. The molecule has 1 saturated heterocycles. The predicted molar refractivity (Wildman–Crippen MR) is 113 cm³/mol. The summed E-state index contributed by atoms with van der Waals surface area (Å²) < 4.78 is 2.93. The van der Waals surface area contributed by atoms with Gasteiger partial charge in [-0.1, -0.05) is 48.9 Å². The van der Waals surface area contributed by atoms with Gasteiger partial charge in [-0.15, -0.1) is 0 Å². The molecule has 1 aliphatic rings. The first kappa shape index (κ1) is 18.8. The molecule has 1 fully saturated rings. The first-order valence-corrected chi connectivity index (χ1v) is 10.2. The molecule has 0 amide bonds. The molecule has 0 saturated carbocycles. The van der Waals surface area contributed by atoms with E-state index in [1.807, 2.05) is 12.1 Å². The number of carbonyl (C=O) groups is 1. The van der Waals surface area contributed by atoms with Crippen molar-refractivity contribution in [2.45, 2.75) is 32.6 Å². The van der Waals surface area contributed by atoms with Gasteiger partial charge in [0, 0.05) is 24.5 Å². The molecule has 0 unspecified atom stereocenters. The van der Waals surface area contributed by atoms with E-state index in [1.54, 1.807) is 23.7 Å². The number of halogens is 1. The average molecular weight is 398 g/mol. The fourth-order valence-electron chi connectivity index (χ4n) is 4.10. The number of nitrogens with zero attached hydrogens (tertiary/aromatic N) is 3. The van der Waals surface area contributed by atoms with Crippen molar-refractivity contribution < 1.29 is 4.79 Å². The van der Waals surface area contributed by atoms with E-state index in [1.165, 1.54) is 10.1 Å². The molecule has 0 spiro atoms. The SMILES string of the molecule is CCC(=O)n1c(=O)n(N2CCC(Cc3ccccc3)CC2)c2ccc(Cl)cc21. The number of imidazole rings is 1. The standard InChI is InChI=1S/C22H24ClN3O2/c1-2-21(27)25-20-15-18(23)8-9-19(20)26(22(25)28)24-12-10-17(11-13-24)14-16-6-4-3-5-7-16/h3-9,15,17H,2,10-14H2,1H3. The van der Waals surface area contributed by atoms with Crippen molar-refractivity contribution in [3.05, 3.63) is 69.6 Å². The van der Waals surface area contributed by atoms with Crippen molar-refractivity contribution in [1.29, 1.82) is 0 Å². The predicted octanol–water partition coefficient (Wildman–Crippen LogP) is 4.10. The minimum Gasteiger partial charge on any atom is -0.308 e. The molecule has 146 valence electrons. The number of piperidine rings is 1.